The lowest BCUT2D eigenvalue weighted by atomic mass is 10.3. The molecule has 9 heteroatoms. The fourth-order valence-corrected chi connectivity index (χ4v) is 2.98. The highest BCUT2D eigenvalue weighted by molar-refractivity contribution is 5.74. The van der Waals surface area contributed by atoms with E-state index in [1.807, 2.05) is 34.1 Å². The monoisotopic (exact) mass is 363 g/mol. The quantitative estimate of drug-likeness (QED) is 0.697. The number of aryl methyl sites for hydroxylation is 1. The highest BCUT2D eigenvalue weighted by Crippen LogP contribution is 2.30. The van der Waals surface area contributed by atoms with Gasteiger partial charge >= 0.3 is 6.18 Å². The van der Waals surface area contributed by atoms with Gasteiger partial charge in [-0.3, -0.25) is 0 Å². The van der Waals surface area contributed by atoms with Crippen LogP contribution in [0, 0.1) is 6.92 Å². The van der Waals surface area contributed by atoms with Crippen LogP contribution in [-0.4, -0.2) is 41.1 Å². The average Bonchev–Trinajstić information content (AvgIpc) is 3.05. The Morgan fingerprint density at radius 2 is 1.65 bits per heavy atom. The van der Waals surface area contributed by atoms with E-state index >= 15 is 0 Å². The number of alkyl halides is 3. The van der Waals surface area contributed by atoms with Gasteiger partial charge in [0.05, 0.1) is 0 Å². The lowest BCUT2D eigenvalue weighted by Gasteiger charge is -2.34. The van der Waals surface area contributed by atoms with Gasteiger partial charge in [0.25, 0.3) is 6.01 Å². The van der Waals surface area contributed by atoms with Crippen LogP contribution in [0.15, 0.2) is 34.7 Å². The van der Waals surface area contributed by atoms with E-state index in [-0.39, 0.29) is 5.82 Å². The second-order valence-corrected chi connectivity index (χ2v) is 6.09. The zero-order chi connectivity index (χ0) is 18.3. The molecule has 0 unspecified atom stereocenters. The molecule has 1 aliphatic rings. The fourth-order valence-electron chi connectivity index (χ4n) is 2.98. The summed E-state index contributed by atoms with van der Waals surface area (Å²) in [7, 11) is 0. The van der Waals surface area contributed by atoms with Gasteiger partial charge in [-0.15, -0.1) is 0 Å². The van der Waals surface area contributed by atoms with Gasteiger partial charge in [-0.05, 0) is 19.1 Å². The standard InChI is InChI=1S/C17H16F3N5O/c1-11-21-14(17(18,19)20)10-15(22-11)24-6-8-25(9-7-24)16-23-12-4-2-3-5-13(12)26-16/h2-5,10H,6-9H2,1H3. The number of benzene rings is 1. The molecule has 3 heterocycles. The molecule has 2 aromatic heterocycles. The van der Waals surface area contributed by atoms with Crippen molar-refractivity contribution in [3.05, 3.63) is 41.9 Å². The van der Waals surface area contributed by atoms with Crippen molar-refractivity contribution in [1.82, 2.24) is 15.0 Å². The zero-order valence-electron chi connectivity index (χ0n) is 14.0. The minimum absolute atomic E-state index is 0.108. The second kappa shape index (κ2) is 6.15. The number of fused-ring (bicyclic) bond motifs is 1. The summed E-state index contributed by atoms with van der Waals surface area (Å²) < 4.78 is 44.6. The first-order valence-electron chi connectivity index (χ1n) is 8.18. The minimum Gasteiger partial charge on any atom is -0.423 e. The third kappa shape index (κ3) is 3.16. The van der Waals surface area contributed by atoms with Crippen LogP contribution in [0.25, 0.3) is 11.1 Å². The fraction of sp³-hybridized carbons (Fsp3) is 0.353. The van der Waals surface area contributed by atoms with E-state index in [0.717, 1.165) is 11.6 Å². The van der Waals surface area contributed by atoms with Crippen molar-refractivity contribution >= 4 is 22.9 Å². The highest BCUT2D eigenvalue weighted by Gasteiger charge is 2.34. The summed E-state index contributed by atoms with van der Waals surface area (Å²) in [5.41, 5.74) is 0.582. The van der Waals surface area contributed by atoms with Gasteiger partial charge in [-0.25, -0.2) is 9.97 Å². The molecule has 6 nitrogen and oxygen atoms in total. The van der Waals surface area contributed by atoms with Crippen LogP contribution in [0.1, 0.15) is 11.5 Å². The van der Waals surface area contributed by atoms with Gasteiger partial charge in [0, 0.05) is 32.2 Å². The summed E-state index contributed by atoms with van der Waals surface area (Å²) in [6.07, 6.45) is -4.48. The summed E-state index contributed by atoms with van der Waals surface area (Å²) in [5.74, 6) is 0.401. The Balaban J connectivity index is 1.51. The maximum atomic E-state index is 13.0. The summed E-state index contributed by atoms with van der Waals surface area (Å²) in [5, 5.41) is 0. The molecular formula is C17H16F3N5O. The summed E-state index contributed by atoms with van der Waals surface area (Å²) in [6.45, 7) is 3.67. The van der Waals surface area contributed by atoms with Gasteiger partial charge in [-0.1, -0.05) is 12.1 Å². The van der Waals surface area contributed by atoms with Gasteiger partial charge in [-0.2, -0.15) is 18.2 Å². The first-order chi connectivity index (χ1) is 12.4. The van der Waals surface area contributed by atoms with Gasteiger partial charge in [0.2, 0.25) is 0 Å². The van der Waals surface area contributed by atoms with E-state index in [9.17, 15) is 13.2 Å². The SMILES string of the molecule is Cc1nc(N2CCN(c3nc4ccccc4o3)CC2)cc(C(F)(F)F)n1. The van der Waals surface area contributed by atoms with E-state index in [4.69, 9.17) is 4.42 Å². The first-order valence-corrected chi connectivity index (χ1v) is 8.18. The maximum absolute atomic E-state index is 13.0. The Morgan fingerprint density at radius 3 is 2.35 bits per heavy atom. The number of hydrogen-bond donors (Lipinski definition) is 0. The second-order valence-electron chi connectivity index (χ2n) is 6.09. The van der Waals surface area contributed by atoms with Crippen molar-refractivity contribution in [2.24, 2.45) is 0 Å². The van der Waals surface area contributed by atoms with Crippen molar-refractivity contribution in [2.75, 3.05) is 36.0 Å². The Bertz CT molecular complexity index is 899. The van der Waals surface area contributed by atoms with Crippen LogP contribution in [0.4, 0.5) is 25.0 Å². The van der Waals surface area contributed by atoms with Crippen LogP contribution >= 0.6 is 0 Å². The molecule has 1 saturated heterocycles. The molecule has 136 valence electrons. The molecule has 1 aromatic carbocycles. The van der Waals surface area contributed by atoms with Gasteiger partial charge in [0.15, 0.2) is 5.58 Å². The molecule has 0 N–H and O–H groups in total. The van der Waals surface area contributed by atoms with Crippen molar-refractivity contribution in [2.45, 2.75) is 13.1 Å². The number of para-hydroxylation sites is 2. The van der Waals surface area contributed by atoms with Crippen LogP contribution < -0.4 is 9.80 Å². The summed E-state index contributed by atoms with van der Waals surface area (Å²) >= 11 is 0. The molecule has 0 amide bonds. The number of aromatic nitrogens is 3. The number of nitrogens with zero attached hydrogens (tertiary/aromatic N) is 5. The third-order valence-electron chi connectivity index (χ3n) is 4.27. The number of piperazine rings is 1. The molecule has 0 spiro atoms. The predicted octanol–water partition coefficient (Wildman–Crippen LogP) is 3.27. The van der Waals surface area contributed by atoms with Crippen LogP contribution in [0.3, 0.4) is 0 Å². The molecule has 1 fully saturated rings. The molecule has 0 radical (unpaired) electrons. The normalized spacial score (nSPS) is 15.7. The molecule has 26 heavy (non-hydrogen) atoms. The van der Waals surface area contributed by atoms with Crippen LogP contribution in [0.5, 0.6) is 0 Å². The van der Waals surface area contributed by atoms with E-state index < -0.39 is 11.9 Å². The molecule has 3 aromatic rings. The van der Waals surface area contributed by atoms with E-state index in [1.165, 1.54) is 6.92 Å². The third-order valence-corrected chi connectivity index (χ3v) is 4.27. The molecule has 0 atom stereocenters. The Labute approximate surface area is 147 Å². The average molecular weight is 363 g/mol. The summed E-state index contributed by atoms with van der Waals surface area (Å²) in [4.78, 5) is 15.9. The van der Waals surface area contributed by atoms with Crippen LogP contribution in [-0.2, 0) is 6.18 Å². The van der Waals surface area contributed by atoms with Gasteiger partial charge in [0.1, 0.15) is 22.9 Å². The predicted molar refractivity (Wildman–Crippen MR) is 90.2 cm³/mol. The van der Waals surface area contributed by atoms with Gasteiger partial charge < -0.3 is 14.2 Å². The van der Waals surface area contributed by atoms with Crippen molar-refractivity contribution < 1.29 is 17.6 Å². The maximum Gasteiger partial charge on any atom is 0.433 e. The molecular weight excluding hydrogens is 347 g/mol. The lowest BCUT2D eigenvalue weighted by Crippen LogP contribution is -2.47. The molecule has 1 aliphatic heterocycles. The smallest absolute Gasteiger partial charge is 0.423 e. The molecule has 4 rings (SSSR count). The minimum atomic E-state index is -4.48. The largest absolute Gasteiger partial charge is 0.433 e. The lowest BCUT2D eigenvalue weighted by molar-refractivity contribution is -0.141. The number of oxazole rings is 1. The Hall–Kier alpha value is -2.84. The molecule has 0 saturated carbocycles. The number of anilines is 2. The number of rotatable bonds is 2. The Kier molecular flexibility index (Phi) is 3.93. The number of hydrogen-bond acceptors (Lipinski definition) is 6. The first kappa shape index (κ1) is 16.6. The highest BCUT2D eigenvalue weighted by atomic mass is 19.4. The topological polar surface area (TPSA) is 58.3 Å². The van der Waals surface area contributed by atoms with E-state index in [1.54, 1.807) is 0 Å². The van der Waals surface area contributed by atoms with E-state index in [0.29, 0.717) is 43.6 Å². The van der Waals surface area contributed by atoms with Crippen molar-refractivity contribution in [3.8, 4) is 0 Å². The summed E-state index contributed by atoms with van der Waals surface area (Å²) in [6, 6.07) is 9.03. The number of halogens is 3. The zero-order valence-corrected chi connectivity index (χ0v) is 14.0. The van der Waals surface area contributed by atoms with Crippen molar-refractivity contribution in [1.29, 1.82) is 0 Å². The molecule has 0 bridgehead atoms. The van der Waals surface area contributed by atoms with Crippen molar-refractivity contribution in [3.63, 3.8) is 0 Å². The van der Waals surface area contributed by atoms with Crippen LogP contribution in [0.2, 0.25) is 0 Å². The van der Waals surface area contributed by atoms with E-state index in [2.05, 4.69) is 15.0 Å². The Morgan fingerprint density at radius 1 is 0.962 bits per heavy atom. The molecule has 0 aliphatic carbocycles.